The van der Waals surface area contributed by atoms with E-state index < -0.39 is 11.8 Å². The molecule has 29 heavy (non-hydrogen) atoms. The molecule has 148 valence electrons. The van der Waals surface area contributed by atoms with Crippen LogP contribution in [0.2, 0.25) is 0 Å². The minimum Gasteiger partial charge on any atom is -0.493 e. The van der Waals surface area contributed by atoms with Gasteiger partial charge in [0.1, 0.15) is 5.75 Å². The maximum absolute atomic E-state index is 12.2. The molecule has 7 nitrogen and oxygen atoms in total. The van der Waals surface area contributed by atoms with Crippen molar-refractivity contribution in [2.24, 2.45) is 0 Å². The van der Waals surface area contributed by atoms with E-state index in [1.54, 1.807) is 29.6 Å². The number of hydrogen-bond donors (Lipinski definition) is 3. The molecule has 9 heteroatoms. The monoisotopic (exact) mass is 426 g/mol. The number of benzene rings is 2. The maximum Gasteiger partial charge on any atom is 0.298 e. The minimum absolute atomic E-state index is 0.0249. The topological polar surface area (TPSA) is 92.4 Å². The molecule has 0 saturated carbocycles. The van der Waals surface area contributed by atoms with Gasteiger partial charge in [-0.3, -0.25) is 25.8 Å². The zero-order chi connectivity index (χ0) is 20.5. The van der Waals surface area contributed by atoms with Crippen LogP contribution in [0.15, 0.2) is 66.2 Å². The predicted molar refractivity (Wildman–Crippen MR) is 115 cm³/mol. The molecule has 2 aromatic carbocycles. The van der Waals surface area contributed by atoms with E-state index in [2.05, 4.69) is 21.2 Å². The third-order valence-electron chi connectivity index (χ3n) is 3.76. The lowest BCUT2D eigenvalue weighted by Crippen LogP contribution is -2.48. The Labute approximate surface area is 177 Å². The quantitative estimate of drug-likeness (QED) is 0.415. The van der Waals surface area contributed by atoms with Crippen molar-refractivity contribution < 1.29 is 14.3 Å². The van der Waals surface area contributed by atoms with E-state index in [-0.39, 0.29) is 10.1 Å². The van der Waals surface area contributed by atoms with Crippen LogP contribution in [-0.4, -0.2) is 28.5 Å². The third-order valence-corrected chi connectivity index (χ3v) is 4.74. The zero-order valence-corrected chi connectivity index (χ0v) is 16.9. The highest BCUT2D eigenvalue weighted by atomic mass is 32.1. The molecule has 3 rings (SSSR count). The van der Waals surface area contributed by atoms with Crippen molar-refractivity contribution in [3.05, 3.63) is 82.3 Å². The molecule has 3 N–H and O–H groups in total. The molecule has 0 aliphatic rings. The first-order valence-electron chi connectivity index (χ1n) is 8.70. The van der Waals surface area contributed by atoms with Crippen LogP contribution in [-0.2, 0) is 6.42 Å². The average molecular weight is 427 g/mol. The van der Waals surface area contributed by atoms with Gasteiger partial charge in [-0.15, -0.1) is 11.3 Å². The molecule has 0 saturated heterocycles. The summed E-state index contributed by atoms with van der Waals surface area (Å²) in [5.74, 6) is -0.163. The van der Waals surface area contributed by atoms with Crippen LogP contribution in [0.5, 0.6) is 5.75 Å². The fourth-order valence-corrected chi connectivity index (χ4v) is 3.02. The van der Waals surface area contributed by atoms with Crippen molar-refractivity contribution in [1.82, 2.24) is 21.2 Å². The number of aromatic nitrogens is 1. The van der Waals surface area contributed by atoms with E-state index in [9.17, 15) is 9.59 Å². The first-order valence-corrected chi connectivity index (χ1v) is 9.98. The number of hydrogen-bond acceptors (Lipinski definition) is 6. The number of thiocarbonyl (C=S) groups is 1. The SMILES string of the molecule is O=C(NC(=S)NNC(=O)c1nccs1)c1ccc(OCCc2ccccc2)cc1. The van der Waals surface area contributed by atoms with Gasteiger partial charge in [0.05, 0.1) is 6.61 Å². The van der Waals surface area contributed by atoms with Gasteiger partial charge in [-0.1, -0.05) is 30.3 Å². The van der Waals surface area contributed by atoms with Gasteiger partial charge in [-0.05, 0) is 42.0 Å². The number of nitrogens with one attached hydrogen (secondary N) is 3. The van der Waals surface area contributed by atoms with Crippen LogP contribution < -0.4 is 20.9 Å². The second-order valence-electron chi connectivity index (χ2n) is 5.81. The summed E-state index contributed by atoms with van der Waals surface area (Å²) in [6, 6.07) is 16.8. The Morgan fingerprint density at radius 1 is 1.00 bits per heavy atom. The number of ether oxygens (including phenoxy) is 1. The minimum atomic E-state index is -0.436. The fraction of sp³-hybridized carbons (Fsp3) is 0.100. The predicted octanol–water partition coefficient (Wildman–Crippen LogP) is 2.71. The number of carbonyl (C=O) groups is 2. The van der Waals surface area contributed by atoms with Gasteiger partial charge in [-0.2, -0.15) is 0 Å². The molecule has 0 unspecified atom stereocenters. The van der Waals surface area contributed by atoms with Crippen molar-refractivity contribution in [2.45, 2.75) is 6.42 Å². The van der Waals surface area contributed by atoms with E-state index in [4.69, 9.17) is 17.0 Å². The van der Waals surface area contributed by atoms with Crippen LogP contribution in [0.4, 0.5) is 0 Å². The largest absolute Gasteiger partial charge is 0.493 e. The number of hydrazine groups is 1. The van der Waals surface area contributed by atoms with Crippen molar-refractivity contribution in [2.75, 3.05) is 6.61 Å². The Kier molecular flexibility index (Phi) is 7.26. The smallest absolute Gasteiger partial charge is 0.298 e. The zero-order valence-electron chi connectivity index (χ0n) is 15.3. The lowest BCUT2D eigenvalue weighted by molar-refractivity contribution is 0.0934. The molecular weight excluding hydrogens is 408 g/mol. The van der Waals surface area contributed by atoms with E-state index in [1.807, 2.05) is 30.3 Å². The van der Waals surface area contributed by atoms with Crippen molar-refractivity contribution >= 4 is 40.5 Å². The highest BCUT2D eigenvalue weighted by Crippen LogP contribution is 2.13. The number of nitrogens with zero attached hydrogens (tertiary/aromatic N) is 1. The molecule has 1 aromatic heterocycles. The normalized spacial score (nSPS) is 10.1. The van der Waals surface area contributed by atoms with E-state index in [0.717, 1.165) is 6.42 Å². The summed E-state index contributed by atoms with van der Waals surface area (Å²) >= 11 is 6.20. The van der Waals surface area contributed by atoms with Crippen molar-refractivity contribution in [3.8, 4) is 5.75 Å². The van der Waals surface area contributed by atoms with Gasteiger partial charge in [0.25, 0.3) is 11.8 Å². The first kappa shape index (κ1) is 20.4. The average Bonchev–Trinajstić information content (AvgIpc) is 3.28. The maximum atomic E-state index is 12.2. The molecule has 0 aliphatic heterocycles. The molecular formula is C20H18N4O3S2. The summed E-state index contributed by atoms with van der Waals surface area (Å²) < 4.78 is 5.70. The summed E-state index contributed by atoms with van der Waals surface area (Å²) in [6.07, 6.45) is 2.32. The Bertz CT molecular complexity index is 961. The van der Waals surface area contributed by atoms with Crippen LogP contribution in [0, 0.1) is 0 Å². The summed E-state index contributed by atoms with van der Waals surface area (Å²) in [7, 11) is 0. The van der Waals surface area contributed by atoms with E-state index in [1.165, 1.54) is 23.1 Å². The third kappa shape index (κ3) is 6.37. The fourth-order valence-electron chi connectivity index (χ4n) is 2.34. The van der Waals surface area contributed by atoms with Crippen molar-refractivity contribution in [3.63, 3.8) is 0 Å². The molecule has 0 spiro atoms. The second-order valence-corrected chi connectivity index (χ2v) is 7.11. The Hall–Kier alpha value is -3.30. The van der Waals surface area contributed by atoms with Gasteiger partial charge >= 0.3 is 0 Å². The van der Waals surface area contributed by atoms with Crippen LogP contribution >= 0.6 is 23.6 Å². The molecule has 0 atom stereocenters. The molecule has 0 aliphatic carbocycles. The Balaban J connectivity index is 1.42. The molecule has 2 amide bonds. The van der Waals surface area contributed by atoms with Gasteiger partial charge in [0.15, 0.2) is 10.1 Å². The summed E-state index contributed by atoms with van der Waals surface area (Å²) in [6.45, 7) is 0.544. The van der Waals surface area contributed by atoms with Gasteiger partial charge < -0.3 is 4.74 Å². The second kappa shape index (κ2) is 10.3. The van der Waals surface area contributed by atoms with Crippen LogP contribution in [0.1, 0.15) is 25.7 Å². The van der Waals surface area contributed by atoms with Crippen LogP contribution in [0.25, 0.3) is 0 Å². The number of carbonyl (C=O) groups excluding carboxylic acids is 2. The lowest BCUT2D eigenvalue weighted by atomic mass is 10.2. The molecule has 0 fully saturated rings. The highest BCUT2D eigenvalue weighted by Gasteiger charge is 2.11. The first-order chi connectivity index (χ1) is 14.1. The lowest BCUT2D eigenvalue weighted by Gasteiger charge is -2.10. The van der Waals surface area contributed by atoms with E-state index >= 15 is 0 Å². The molecule has 3 aromatic rings. The van der Waals surface area contributed by atoms with E-state index in [0.29, 0.717) is 17.9 Å². The van der Waals surface area contributed by atoms with Gasteiger partial charge in [0.2, 0.25) is 0 Å². The highest BCUT2D eigenvalue weighted by molar-refractivity contribution is 7.80. The Morgan fingerprint density at radius 2 is 1.76 bits per heavy atom. The van der Waals surface area contributed by atoms with Crippen LogP contribution in [0.3, 0.4) is 0 Å². The number of amides is 2. The molecule has 1 heterocycles. The number of thiazole rings is 1. The Morgan fingerprint density at radius 3 is 2.45 bits per heavy atom. The van der Waals surface area contributed by atoms with Gasteiger partial charge in [-0.25, -0.2) is 4.98 Å². The van der Waals surface area contributed by atoms with Gasteiger partial charge in [0, 0.05) is 23.6 Å². The molecule has 0 radical (unpaired) electrons. The summed E-state index contributed by atoms with van der Waals surface area (Å²) in [5.41, 5.74) is 6.45. The standard InChI is InChI=1S/C20H18N4O3S2/c25-17(22-20(28)24-23-18(26)19-21-11-13-29-19)15-6-8-16(9-7-15)27-12-10-14-4-2-1-3-5-14/h1-9,11,13H,10,12H2,(H,23,26)(H2,22,24,25,28). The summed E-state index contributed by atoms with van der Waals surface area (Å²) in [4.78, 5) is 27.9. The summed E-state index contributed by atoms with van der Waals surface area (Å²) in [5, 5.41) is 4.44. The number of rotatable bonds is 6. The molecule has 0 bridgehead atoms. The van der Waals surface area contributed by atoms with Crippen molar-refractivity contribution in [1.29, 1.82) is 0 Å².